The summed E-state index contributed by atoms with van der Waals surface area (Å²) < 4.78 is 34.2. The number of amides is 2. The van der Waals surface area contributed by atoms with Gasteiger partial charge in [0.1, 0.15) is 11.8 Å². The minimum atomic E-state index is -3.01. The Kier molecular flexibility index (Phi) is 8.70. The molecule has 10 heteroatoms. The fourth-order valence-electron chi connectivity index (χ4n) is 2.63. The highest BCUT2D eigenvalue weighted by Gasteiger charge is 2.28. The van der Waals surface area contributed by atoms with Gasteiger partial charge in [-0.25, -0.2) is 0 Å². The van der Waals surface area contributed by atoms with Crippen molar-refractivity contribution in [1.29, 1.82) is 0 Å². The van der Waals surface area contributed by atoms with Gasteiger partial charge in [-0.1, -0.05) is 12.1 Å². The quantitative estimate of drug-likeness (QED) is 0.778. The Morgan fingerprint density at radius 3 is 2.31 bits per heavy atom. The van der Waals surface area contributed by atoms with Gasteiger partial charge in [0, 0.05) is 33.3 Å². The highest BCUT2D eigenvalue weighted by atomic mass is 35.5. The number of hydrogen-bond donors (Lipinski definition) is 1. The monoisotopic (exact) mass is 393 g/mol. The molecule has 0 spiro atoms. The van der Waals surface area contributed by atoms with E-state index >= 15 is 0 Å². The number of carbonyl (C=O) groups excluding carboxylic acids is 2. The van der Waals surface area contributed by atoms with Crippen LogP contribution in [0.15, 0.2) is 24.3 Å². The summed E-state index contributed by atoms with van der Waals surface area (Å²) in [4.78, 5) is 27.8. The fraction of sp³-hybridized carbons (Fsp3) is 0.500. The van der Waals surface area contributed by atoms with Crippen LogP contribution in [-0.2, 0) is 9.53 Å². The summed E-state index contributed by atoms with van der Waals surface area (Å²) >= 11 is 0. The summed E-state index contributed by atoms with van der Waals surface area (Å²) in [5.74, 6) is -0.817. The molecule has 1 aromatic carbocycles. The van der Waals surface area contributed by atoms with Gasteiger partial charge in [-0.05, 0) is 12.1 Å². The lowest BCUT2D eigenvalue weighted by atomic mass is 10.1. The number of nitrogens with zero attached hydrogens (tertiary/aromatic N) is 2. The molecule has 1 aliphatic heterocycles. The number of para-hydroxylation sites is 1. The molecule has 1 fully saturated rings. The molecule has 2 rings (SSSR count). The molecule has 0 aliphatic carbocycles. The molecule has 1 unspecified atom stereocenters. The minimum Gasteiger partial charge on any atom is -0.434 e. The molecular weight excluding hydrogens is 372 g/mol. The first-order valence-corrected chi connectivity index (χ1v) is 7.80. The SMILES string of the molecule is COCC(N)C(=O)N1CCN(C(=O)c2ccccc2OC(F)F)CC1.Cl. The van der Waals surface area contributed by atoms with Crippen LogP contribution in [0.25, 0.3) is 0 Å². The minimum absolute atomic E-state index is 0. The summed E-state index contributed by atoms with van der Waals surface area (Å²) in [5, 5.41) is 0. The summed E-state index contributed by atoms with van der Waals surface area (Å²) in [6, 6.07) is 5.11. The van der Waals surface area contributed by atoms with Crippen LogP contribution >= 0.6 is 12.4 Å². The number of halogens is 3. The molecule has 0 radical (unpaired) electrons. The Balaban J connectivity index is 0.00000338. The van der Waals surface area contributed by atoms with Crippen molar-refractivity contribution in [2.24, 2.45) is 5.73 Å². The Morgan fingerprint density at radius 1 is 1.15 bits per heavy atom. The van der Waals surface area contributed by atoms with E-state index in [1.807, 2.05) is 0 Å². The highest BCUT2D eigenvalue weighted by molar-refractivity contribution is 5.97. The Bertz CT molecular complexity index is 613. The average molecular weight is 394 g/mol. The third kappa shape index (κ3) is 5.52. The lowest BCUT2D eigenvalue weighted by molar-refractivity contribution is -0.135. The number of alkyl halides is 2. The third-order valence-electron chi connectivity index (χ3n) is 3.88. The first-order valence-electron chi connectivity index (χ1n) is 7.80. The maximum Gasteiger partial charge on any atom is 0.387 e. The van der Waals surface area contributed by atoms with Crippen LogP contribution in [-0.4, -0.2) is 74.2 Å². The van der Waals surface area contributed by atoms with E-state index in [0.29, 0.717) is 13.1 Å². The number of nitrogens with two attached hydrogens (primary N) is 1. The smallest absolute Gasteiger partial charge is 0.387 e. The average Bonchev–Trinajstić information content (AvgIpc) is 2.61. The van der Waals surface area contributed by atoms with Gasteiger partial charge < -0.3 is 25.0 Å². The van der Waals surface area contributed by atoms with Crippen molar-refractivity contribution in [3.63, 3.8) is 0 Å². The zero-order chi connectivity index (χ0) is 18.4. The van der Waals surface area contributed by atoms with Gasteiger partial charge in [-0.2, -0.15) is 8.78 Å². The Morgan fingerprint density at radius 2 is 1.73 bits per heavy atom. The van der Waals surface area contributed by atoms with Crippen molar-refractivity contribution in [3.05, 3.63) is 29.8 Å². The maximum absolute atomic E-state index is 12.6. The predicted octanol–water partition coefficient (Wildman–Crippen LogP) is 0.968. The van der Waals surface area contributed by atoms with E-state index in [1.54, 1.807) is 11.0 Å². The summed E-state index contributed by atoms with van der Waals surface area (Å²) in [7, 11) is 1.46. The van der Waals surface area contributed by atoms with Gasteiger partial charge in [0.2, 0.25) is 5.91 Å². The highest BCUT2D eigenvalue weighted by Crippen LogP contribution is 2.22. The van der Waals surface area contributed by atoms with Crippen LogP contribution in [0.4, 0.5) is 8.78 Å². The topological polar surface area (TPSA) is 85.1 Å². The van der Waals surface area contributed by atoms with E-state index in [9.17, 15) is 18.4 Å². The van der Waals surface area contributed by atoms with Crippen molar-refractivity contribution in [2.75, 3.05) is 39.9 Å². The first-order chi connectivity index (χ1) is 11.9. The second kappa shape index (κ2) is 10.2. The summed E-state index contributed by atoms with van der Waals surface area (Å²) in [6.07, 6.45) is 0. The molecule has 2 N–H and O–H groups in total. The molecule has 0 saturated carbocycles. The molecule has 0 aromatic heterocycles. The van der Waals surface area contributed by atoms with E-state index in [4.69, 9.17) is 10.5 Å². The Hall–Kier alpha value is -1.97. The molecule has 1 atom stereocenters. The van der Waals surface area contributed by atoms with Crippen LogP contribution in [0.2, 0.25) is 0 Å². The van der Waals surface area contributed by atoms with E-state index in [0.717, 1.165) is 0 Å². The molecule has 146 valence electrons. The van der Waals surface area contributed by atoms with Gasteiger partial charge in [0.25, 0.3) is 5.91 Å². The van der Waals surface area contributed by atoms with Gasteiger partial charge in [0.05, 0.1) is 12.2 Å². The number of hydrogen-bond acceptors (Lipinski definition) is 5. The van der Waals surface area contributed by atoms with Crippen molar-refractivity contribution in [1.82, 2.24) is 9.80 Å². The van der Waals surface area contributed by atoms with Gasteiger partial charge in [-0.15, -0.1) is 12.4 Å². The predicted molar refractivity (Wildman–Crippen MR) is 92.7 cm³/mol. The normalized spacial score (nSPS) is 15.4. The van der Waals surface area contributed by atoms with E-state index in [1.165, 1.54) is 30.2 Å². The summed E-state index contributed by atoms with van der Waals surface area (Å²) in [6.45, 7) is -1.68. The van der Waals surface area contributed by atoms with Gasteiger partial charge >= 0.3 is 6.61 Å². The fourth-order valence-corrected chi connectivity index (χ4v) is 2.63. The molecule has 7 nitrogen and oxygen atoms in total. The van der Waals surface area contributed by atoms with Crippen LogP contribution in [0, 0.1) is 0 Å². The first kappa shape index (κ1) is 22.1. The van der Waals surface area contributed by atoms with Crippen LogP contribution in [0.1, 0.15) is 10.4 Å². The largest absolute Gasteiger partial charge is 0.434 e. The number of rotatable bonds is 6. The van der Waals surface area contributed by atoms with Crippen LogP contribution < -0.4 is 10.5 Å². The second-order valence-corrected chi connectivity index (χ2v) is 5.55. The van der Waals surface area contributed by atoms with Crippen molar-refractivity contribution in [2.45, 2.75) is 12.7 Å². The summed E-state index contributed by atoms with van der Waals surface area (Å²) in [5.41, 5.74) is 5.79. The standard InChI is InChI=1S/C16H21F2N3O4.ClH/c1-24-10-12(19)15(23)21-8-6-20(7-9-21)14(22)11-4-2-3-5-13(11)25-16(17)18;/h2-5,12,16H,6-10,19H2,1H3;1H. The number of methoxy groups -OCH3 is 1. The second-order valence-electron chi connectivity index (χ2n) is 5.55. The molecule has 1 aromatic rings. The maximum atomic E-state index is 12.6. The van der Waals surface area contributed by atoms with Crippen molar-refractivity contribution < 1.29 is 27.8 Å². The van der Waals surface area contributed by atoms with E-state index < -0.39 is 18.6 Å². The lowest BCUT2D eigenvalue weighted by Gasteiger charge is -2.36. The number of benzene rings is 1. The van der Waals surface area contributed by atoms with Crippen LogP contribution in [0.3, 0.4) is 0 Å². The molecule has 1 aliphatic rings. The molecule has 0 bridgehead atoms. The molecular formula is C16H22ClF2N3O4. The molecule has 1 heterocycles. The number of piperazine rings is 1. The number of ether oxygens (including phenoxy) is 2. The molecule has 2 amide bonds. The molecule has 1 saturated heterocycles. The Labute approximate surface area is 156 Å². The van der Waals surface area contributed by atoms with Gasteiger partial charge in [0.15, 0.2) is 0 Å². The van der Waals surface area contributed by atoms with E-state index in [-0.39, 0.29) is 49.3 Å². The van der Waals surface area contributed by atoms with Crippen molar-refractivity contribution in [3.8, 4) is 5.75 Å². The van der Waals surface area contributed by atoms with Gasteiger partial charge in [-0.3, -0.25) is 9.59 Å². The zero-order valence-corrected chi connectivity index (χ0v) is 15.1. The van der Waals surface area contributed by atoms with Crippen LogP contribution in [0.5, 0.6) is 5.75 Å². The number of carbonyl (C=O) groups is 2. The lowest BCUT2D eigenvalue weighted by Crippen LogP contribution is -2.55. The molecule has 26 heavy (non-hydrogen) atoms. The van der Waals surface area contributed by atoms with Crippen molar-refractivity contribution >= 4 is 24.2 Å². The van der Waals surface area contributed by atoms with E-state index in [2.05, 4.69) is 4.74 Å². The third-order valence-corrected chi connectivity index (χ3v) is 3.88. The zero-order valence-electron chi connectivity index (χ0n) is 14.3.